The average Bonchev–Trinajstić information content (AvgIpc) is 2.36. The van der Waals surface area contributed by atoms with E-state index in [1.54, 1.807) is 19.2 Å². The van der Waals surface area contributed by atoms with Crippen LogP contribution in [0.25, 0.3) is 11.4 Å². The molecule has 1 atom stereocenters. The molecule has 4 nitrogen and oxygen atoms in total. The molecule has 0 aliphatic rings. The lowest BCUT2D eigenvalue weighted by molar-refractivity contribution is 0.416. The van der Waals surface area contributed by atoms with Crippen molar-refractivity contribution in [2.24, 2.45) is 5.73 Å². The summed E-state index contributed by atoms with van der Waals surface area (Å²) >= 11 is 5.98. The Bertz CT molecular complexity index is 614. The molecule has 1 aromatic carbocycles. The van der Waals surface area contributed by atoms with Crippen LogP contribution in [0.4, 0.5) is 0 Å². The molecule has 2 N–H and O–H groups in total. The first kappa shape index (κ1) is 14.8. The van der Waals surface area contributed by atoms with Crippen molar-refractivity contribution in [2.75, 3.05) is 7.11 Å². The van der Waals surface area contributed by atoms with Crippen LogP contribution in [-0.4, -0.2) is 23.1 Å². The summed E-state index contributed by atoms with van der Waals surface area (Å²) in [6.07, 6.45) is 0.715. The number of aromatic nitrogens is 2. The largest absolute Gasteiger partial charge is 0.496 e. The fourth-order valence-electron chi connectivity index (χ4n) is 2.04. The molecule has 2 rings (SSSR count). The Morgan fingerprint density at radius 1 is 1.30 bits per heavy atom. The van der Waals surface area contributed by atoms with E-state index in [9.17, 15) is 0 Å². The summed E-state index contributed by atoms with van der Waals surface area (Å²) in [6.45, 7) is 3.90. The normalized spacial score (nSPS) is 12.2. The lowest BCUT2D eigenvalue weighted by atomic mass is 10.1. The van der Waals surface area contributed by atoms with Gasteiger partial charge in [-0.3, -0.25) is 0 Å². The predicted molar refractivity (Wildman–Crippen MR) is 81.1 cm³/mol. The minimum absolute atomic E-state index is 0.0595. The van der Waals surface area contributed by atoms with Crippen LogP contribution in [0.5, 0.6) is 5.75 Å². The average molecular weight is 292 g/mol. The number of aryl methyl sites for hydroxylation is 1. The molecule has 20 heavy (non-hydrogen) atoms. The number of halogens is 1. The van der Waals surface area contributed by atoms with Crippen molar-refractivity contribution in [1.82, 2.24) is 9.97 Å². The molecular weight excluding hydrogens is 274 g/mol. The van der Waals surface area contributed by atoms with E-state index in [1.165, 1.54) is 0 Å². The number of hydrogen-bond donors (Lipinski definition) is 1. The van der Waals surface area contributed by atoms with Gasteiger partial charge in [-0.2, -0.15) is 0 Å². The Kier molecular flexibility index (Phi) is 4.57. The van der Waals surface area contributed by atoms with Crippen molar-refractivity contribution in [1.29, 1.82) is 0 Å². The highest BCUT2D eigenvalue weighted by molar-refractivity contribution is 6.30. The van der Waals surface area contributed by atoms with Crippen molar-refractivity contribution >= 4 is 11.6 Å². The molecule has 0 radical (unpaired) electrons. The van der Waals surface area contributed by atoms with Gasteiger partial charge in [0.2, 0.25) is 0 Å². The molecule has 0 bridgehead atoms. The third-order valence-corrected chi connectivity index (χ3v) is 3.08. The van der Waals surface area contributed by atoms with Crippen LogP contribution >= 0.6 is 11.6 Å². The summed E-state index contributed by atoms with van der Waals surface area (Å²) in [6, 6.07) is 7.44. The topological polar surface area (TPSA) is 61.0 Å². The Hall–Kier alpha value is -1.65. The number of nitrogens with zero attached hydrogens (tertiary/aromatic N) is 2. The van der Waals surface area contributed by atoms with Crippen LogP contribution in [0.1, 0.15) is 18.3 Å². The standard InChI is InChI=1S/C15H18ClN3O/c1-9(17)6-12-7-10(2)18-15(19-12)13-5-4-11(16)8-14(13)20-3/h4-5,7-9H,6,17H2,1-3H3. The Morgan fingerprint density at radius 2 is 2.05 bits per heavy atom. The number of rotatable bonds is 4. The number of nitrogens with two attached hydrogens (primary N) is 1. The number of benzene rings is 1. The smallest absolute Gasteiger partial charge is 0.163 e. The van der Waals surface area contributed by atoms with E-state index in [1.807, 2.05) is 26.0 Å². The molecule has 0 amide bonds. The van der Waals surface area contributed by atoms with E-state index in [2.05, 4.69) is 9.97 Å². The third kappa shape index (κ3) is 3.46. The van der Waals surface area contributed by atoms with Crippen molar-refractivity contribution in [3.8, 4) is 17.1 Å². The van der Waals surface area contributed by atoms with Gasteiger partial charge in [0.1, 0.15) is 5.75 Å². The molecule has 0 saturated heterocycles. The van der Waals surface area contributed by atoms with Crippen molar-refractivity contribution in [2.45, 2.75) is 26.3 Å². The zero-order valence-corrected chi connectivity index (χ0v) is 12.6. The molecule has 1 heterocycles. The Balaban J connectivity index is 2.49. The summed E-state index contributed by atoms with van der Waals surface area (Å²) in [5, 5.41) is 0.619. The lowest BCUT2D eigenvalue weighted by Gasteiger charge is -2.11. The van der Waals surface area contributed by atoms with Gasteiger partial charge in [-0.15, -0.1) is 0 Å². The second-order valence-electron chi connectivity index (χ2n) is 4.85. The van der Waals surface area contributed by atoms with Crippen LogP contribution < -0.4 is 10.5 Å². The molecule has 1 aromatic heterocycles. The maximum Gasteiger partial charge on any atom is 0.163 e. The number of hydrogen-bond acceptors (Lipinski definition) is 4. The molecule has 0 aliphatic carbocycles. The molecule has 0 spiro atoms. The first-order valence-corrected chi connectivity index (χ1v) is 6.81. The summed E-state index contributed by atoms with van der Waals surface area (Å²) < 4.78 is 5.35. The molecule has 0 fully saturated rings. The van der Waals surface area contributed by atoms with Crippen molar-refractivity contribution < 1.29 is 4.74 Å². The van der Waals surface area contributed by atoms with E-state index in [0.29, 0.717) is 23.0 Å². The highest BCUT2D eigenvalue weighted by atomic mass is 35.5. The van der Waals surface area contributed by atoms with Gasteiger partial charge in [0.05, 0.1) is 12.7 Å². The summed E-state index contributed by atoms with van der Waals surface area (Å²) in [5.74, 6) is 1.30. The van der Waals surface area contributed by atoms with E-state index in [0.717, 1.165) is 17.0 Å². The van der Waals surface area contributed by atoms with Crippen LogP contribution in [0.15, 0.2) is 24.3 Å². The minimum atomic E-state index is 0.0595. The van der Waals surface area contributed by atoms with Crippen LogP contribution in [0, 0.1) is 6.92 Å². The van der Waals surface area contributed by atoms with Crippen LogP contribution in [0.2, 0.25) is 5.02 Å². The van der Waals surface area contributed by atoms with Gasteiger partial charge >= 0.3 is 0 Å². The summed E-state index contributed by atoms with van der Waals surface area (Å²) in [5.41, 5.74) is 8.50. The molecular formula is C15H18ClN3O. The van der Waals surface area contributed by atoms with Gasteiger partial charge in [-0.1, -0.05) is 11.6 Å². The van der Waals surface area contributed by atoms with Gasteiger partial charge in [0.15, 0.2) is 5.82 Å². The quantitative estimate of drug-likeness (QED) is 0.940. The number of ether oxygens (including phenoxy) is 1. The molecule has 5 heteroatoms. The Labute approximate surface area is 124 Å². The fourth-order valence-corrected chi connectivity index (χ4v) is 2.20. The number of methoxy groups -OCH3 is 1. The van der Waals surface area contributed by atoms with Gasteiger partial charge in [0.25, 0.3) is 0 Å². The van der Waals surface area contributed by atoms with Gasteiger partial charge in [-0.25, -0.2) is 9.97 Å². The molecule has 0 saturated carbocycles. The summed E-state index contributed by atoms with van der Waals surface area (Å²) in [7, 11) is 1.60. The predicted octanol–water partition coefficient (Wildman–Crippen LogP) is 3.00. The zero-order valence-electron chi connectivity index (χ0n) is 11.9. The molecule has 1 unspecified atom stereocenters. The van der Waals surface area contributed by atoms with Gasteiger partial charge < -0.3 is 10.5 Å². The van der Waals surface area contributed by atoms with E-state index in [-0.39, 0.29) is 6.04 Å². The van der Waals surface area contributed by atoms with Crippen molar-refractivity contribution in [3.63, 3.8) is 0 Å². The highest BCUT2D eigenvalue weighted by Gasteiger charge is 2.12. The molecule has 0 aliphatic heterocycles. The zero-order chi connectivity index (χ0) is 14.7. The van der Waals surface area contributed by atoms with E-state index < -0.39 is 0 Å². The fraction of sp³-hybridized carbons (Fsp3) is 0.333. The monoisotopic (exact) mass is 291 g/mol. The molecule has 2 aromatic rings. The second-order valence-corrected chi connectivity index (χ2v) is 5.29. The van der Waals surface area contributed by atoms with E-state index >= 15 is 0 Å². The highest BCUT2D eigenvalue weighted by Crippen LogP contribution is 2.30. The van der Waals surface area contributed by atoms with Crippen LogP contribution in [0.3, 0.4) is 0 Å². The van der Waals surface area contributed by atoms with Crippen molar-refractivity contribution in [3.05, 3.63) is 40.7 Å². The first-order valence-electron chi connectivity index (χ1n) is 6.43. The van der Waals surface area contributed by atoms with Gasteiger partial charge in [0, 0.05) is 28.9 Å². The minimum Gasteiger partial charge on any atom is -0.496 e. The third-order valence-electron chi connectivity index (χ3n) is 2.84. The SMILES string of the molecule is COc1cc(Cl)ccc1-c1nc(C)cc(CC(C)N)n1. The lowest BCUT2D eigenvalue weighted by Crippen LogP contribution is -2.19. The second kappa shape index (κ2) is 6.20. The van der Waals surface area contributed by atoms with Crippen LogP contribution in [-0.2, 0) is 6.42 Å². The molecule has 106 valence electrons. The first-order chi connectivity index (χ1) is 9.49. The maximum absolute atomic E-state index is 5.98. The summed E-state index contributed by atoms with van der Waals surface area (Å²) in [4.78, 5) is 9.04. The van der Waals surface area contributed by atoms with E-state index in [4.69, 9.17) is 22.1 Å². The Morgan fingerprint density at radius 3 is 2.70 bits per heavy atom. The van der Waals surface area contributed by atoms with Gasteiger partial charge in [-0.05, 0) is 38.1 Å². The maximum atomic E-state index is 5.98.